The highest BCUT2D eigenvalue weighted by Gasteiger charge is 2.35. The van der Waals surface area contributed by atoms with Gasteiger partial charge in [-0.1, -0.05) is 54.1 Å². The number of hydrogen-bond donors (Lipinski definition) is 0. The van der Waals surface area contributed by atoms with Gasteiger partial charge in [0.05, 0.1) is 53.8 Å². The Morgan fingerprint density at radius 1 is 1.23 bits per heavy atom. The first-order valence-electron chi connectivity index (χ1n) is 17.5. The third-order valence-corrected chi connectivity index (χ3v) is 10.8. The number of rotatable bonds is 9. The molecule has 266 valence electrons. The van der Waals surface area contributed by atoms with Crippen LogP contribution in [0.2, 0.25) is 5.02 Å². The Hall–Kier alpha value is -5.07. The molecule has 0 radical (unpaired) electrons. The van der Waals surface area contributed by atoms with Crippen molar-refractivity contribution < 1.29 is 18.7 Å². The molecule has 7 rings (SSSR count). The molecule has 2 aromatic heterocycles. The summed E-state index contributed by atoms with van der Waals surface area (Å²) in [7, 11) is 3.64. The van der Waals surface area contributed by atoms with Crippen molar-refractivity contribution >= 4 is 55.8 Å². The maximum atomic E-state index is 17.3. The van der Waals surface area contributed by atoms with Crippen LogP contribution in [0.3, 0.4) is 0 Å². The molecule has 2 aliphatic heterocycles. The minimum Gasteiger partial charge on any atom is -0.472 e. The van der Waals surface area contributed by atoms with Crippen molar-refractivity contribution in [1.29, 1.82) is 5.26 Å². The van der Waals surface area contributed by atoms with Crippen LogP contribution in [-0.4, -0.2) is 82.5 Å². The second-order valence-electron chi connectivity index (χ2n) is 13.6. The van der Waals surface area contributed by atoms with Crippen molar-refractivity contribution in [2.45, 2.75) is 63.3 Å². The van der Waals surface area contributed by atoms with Crippen molar-refractivity contribution in [2.24, 2.45) is 0 Å². The molecule has 0 saturated carbocycles. The summed E-state index contributed by atoms with van der Waals surface area (Å²) in [5, 5.41) is 17.3. The fraction of sp³-hybridized carbons (Fsp3) is 0.375. The zero-order valence-corrected chi connectivity index (χ0v) is 30.1. The Morgan fingerprint density at radius 3 is 2.77 bits per heavy atom. The van der Waals surface area contributed by atoms with Gasteiger partial charge < -0.3 is 14.4 Å². The Kier molecular flexibility index (Phi) is 10.1. The van der Waals surface area contributed by atoms with Crippen LogP contribution in [0, 0.1) is 23.7 Å². The molecular formula is C40H39ClFN7O3. The zero-order valence-electron chi connectivity index (χ0n) is 29.4. The second-order valence-corrected chi connectivity index (χ2v) is 14.0. The molecule has 12 heteroatoms. The van der Waals surface area contributed by atoms with Crippen LogP contribution < -0.4 is 4.74 Å². The third-order valence-electron chi connectivity index (χ3n) is 10.5. The summed E-state index contributed by atoms with van der Waals surface area (Å²) in [5.74, 6) is -0.517. The molecule has 0 bridgehead atoms. The SMILES string of the molecule is [C-]#[N+]c1cccc2cccc(-c3c(Cl)cc4c(nc(O[C@@H](C)[C@@H]5CCCN5C)c5cnn([C@H]6CCN(C(=O)/C=C/COC)[C@H](CC#N)C6)c54)c3F)c12. The van der Waals surface area contributed by atoms with E-state index in [0.717, 1.165) is 24.8 Å². The number of likely N-dealkylation sites (tertiary alicyclic amines) is 2. The number of nitrogens with zero attached hydrogens (tertiary/aromatic N) is 7. The molecule has 0 unspecified atom stereocenters. The average molecular weight is 720 g/mol. The number of carbonyl (C=O) groups excluding carboxylic acids is 1. The molecule has 1 amide bonds. The molecule has 10 nitrogen and oxygen atoms in total. The fourth-order valence-electron chi connectivity index (χ4n) is 8.05. The molecule has 0 spiro atoms. The van der Waals surface area contributed by atoms with E-state index in [9.17, 15) is 10.1 Å². The molecule has 3 aromatic carbocycles. The van der Waals surface area contributed by atoms with Crippen molar-refractivity contribution in [1.82, 2.24) is 24.6 Å². The van der Waals surface area contributed by atoms with E-state index in [-0.39, 0.29) is 58.5 Å². The third kappa shape index (κ3) is 6.34. The topological polar surface area (TPSA) is 101 Å². The zero-order chi connectivity index (χ0) is 36.5. The smallest absolute Gasteiger partial charge is 0.246 e. The molecule has 0 aliphatic carbocycles. The van der Waals surface area contributed by atoms with E-state index in [0.29, 0.717) is 58.9 Å². The molecule has 0 N–H and O–H groups in total. The first-order valence-corrected chi connectivity index (χ1v) is 17.9. The van der Waals surface area contributed by atoms with Crippen LogP contribution in [0.5, 0.6) is 5.88 Å². The normalized spacial score (nSPS) is 20.1. The average Bonchev–Trinajstić information content (AvgIpc) is 3.79. The van der Waals surface area contributed by atoms with Gasteiger partial charge in [0.15, 0.2) is 11.5 Å². The lowest BCUT2D eigenvalue weighted by atomic mass is 9.94. The van der Waals surface area contributed by atoms with Gasteiger partial charge in [-0.2, -0.15) is 10.4 Å². The number of carbonyl (C=O) groups is 1. The number of ether oxygens (including phenoxy) is 2. The van der Waals surface area contributed by atoms with Gasteiger partial charge in [0.25, 0.3) is 0 Å². The van der Waals surface area contributed by atoms with Crippen molar-refractivity contribution in [3.63, 3.8) is 0 Å². The second kappa shape index (κ2) is 14.9. The molecule has 4 atom stereocenters. The van der Waals surface area contributed by atoms with E-state index >= 15 is 4.39 Å². The van der Waals surface area contributed by atoms with Crippen molar-refractivity contribution in [2.75, 3.05) is 33.9 Å². The molecule has 52 heavy (non-hydrogen) atoms. The highest BCUT2D eigenvalue weighted by atomic mass is 35.5. The lowest BCUT2D eigenvalue weighted by Gasteiger charge is -2.38. The Labute approximate surface area is 306 Å². The van der Waals surface area contributed by atoms with Crippen LogP contribution in [0.25, 0.3) is 48.6 Å². The number of amides is 1. The number of nitriles is 1. The predicted molar refractivity (Wildman–Crippen MR) is 200 cm³/mol. The van der Waals surface area contributed by atoms with Crippen molar-refractivity contribution in [3.05, 3.63) is 83.1 Å². The number of fused-ring (bicyclic) bond motifs is 4. The number of hydrogen-bond acceptors (Lipinski definition) is 7. The van der Waals surface area contributed by atoms with E-state index in [4.69, 9.17) is 37.7 Å². The van der Waals surface area contributed by atoms with Gasteiger partial charge in [0.2, 0.25) is 11.8 Å². The van der Waals surface area contributed by atoms with E-state index in [2.05, 4.69) is 22.9 Å². The number of benzene rings is 3. The highest BCUT2D eigenvalue weighted by molar-refractivity contribution is 6.35. The monoisotopic (exact) mass is 719 g/mol. The summed E-state index contributed by atoms with van der Waals surface area (Å²) in [6, 6.07) is 14.5. The Balaban J connectivity index is 1.39. The van der Waals surface area contributed by atoms with Crippen molar-refractivity contribution in [3.8, 4) is 23.1 Å². The lowest BCUT2D eigenvalue weighted by Crippen LogP contribution is -2.46. The first kappa shape index (κ1) is 35.3. The van der Waals surface area contributed by atoms with Gasteiger partial charge in [-0.15, -0.1) is 0 Å². The summed E-state index contributed by atoms with van der Waals surface area (Å²) >= 11 is 7.03. The summed E-state index contributed by atoms with van der Waals surface area (Å²) in [5.41, 5.74) is 1.76. The van der Waals surface area contributed by atoms with E-state index < -0.39 is 5.82 Å². The number of pyridine rings is 1. The van der Waals surface area contributed by atoms with E-state index in [1.54, 1.807) is 42.5 Å². The number of aromatic nitrogens is 3. The quantitative estimate of drug-likeness (QED) is 0.112. The van der Waals surface area contributed by atoms with Crippen LogP contribution in [0.1, 0.15) is 45.1 Å². The minimum absolute atomic E-state index is 0.0809. The molecule has 2 saturated heterocycles. The largest absolute Gasteiger partial charge is 0.472 e. The van der Waals surface area contributed by atoms with E-state index in [1.807, 2.05) is 35.9 Å². The van der Waals surface area contributed by atoms with Gasteiger partial charge in [0.1, 0.15) is 11.6 Å². The maximum absolute atomic E-state index is 17.3. The fourth-order valence-corrected chi connectivity index (χ4v) is 8.34. The molecule has 2 aliphatic rings. The maximum Gasteiger partial charge on any atom is 0.246 e. The molecule has 5 aromatic rings. The minimum atomic E-state index is -0.620. The molecule has 4 heterocycles. The van der Waals surface area contributed by atoms with Crippen LogP contribution in [0.15, 0.2) is 60.8 Å². The number of likely N-dealkylation sites (N-methyl/N-ethyl adjacent to an activating group) is 1. The number of halogens is 2. The van der Waals surface area contributed by atoms with Gasteiger partial charge in [0, 0.05) is 42.8 Å². The summed E-state index contributed by atoms with van der Waals surface area (Å²) in [6.45, 7) is 11.5. The van der Waals surface area contributed by atoms with Crippen LogP contribution in [-0.2, 0) is 9.53 Å². The first-order chi connectivity index (χ1) is 25.2. The van der Waals surface area contributed by atoms with Gasteiger partial charge in [-0.25, -0.2) is 14.2 Å². The number of piperidine rings is 1. The van der Waals surface area contributed by atoms with Gasteiger partial charge in [-0.3, -0.25) is 14.4 Å². The Bertz CT molecular complexity index is 2290. The Morgan fingerprint density at radius 2 is 2.04 bits per heavy atom. The standard InChI is InChI=1S/C40H39ClFN7O3/c1-24(33-13-7-18-47(33)3)52-40-30-23-45-49(27-16-19-48(26(21-27)15-17-43)34(50)14-8-20-51-4)39(30)29-22-31(41)36(37(42)38(29)46-40)28-11-5-9-25-10-6-12-32(44-2)35(25)28/h5-6,8-12,14,22-24,26-27,33H,7,13,15-16,18-21H2,1,3-4H3/b14-8+/t24-,26+,27-,33-/m0/s1. The molecular weight excluding hydrogens is 681 g/mol. The number of methoxy groups -OCH3 is 1. The predicted octanol–water partition coefficient (Wildman–Crippen LogP) is 8.26. The van der Waals surface area contributed by atoms with Gasteiger partial charge >= 0.3 is 0 Å². The highest BCUT2D eigenvalue weighted by Crippen LogP contribution is 2.45. The molecule has 2 fully saturated rings. The van der Waals surface area contributed by atoms with Crippen LogP contribution >= 0.6 is 11.6 Å². The summed E-state index contributed by atoms with van der Waals surface area (Å²) < 4.78 is 30.8. The lowest BCUT2D eigenvalue weighted by molar-refractivity contribution is -0.130. The summed E-state index contributed by atoms with van der Waals surface area (Å²) in [4.78, 5) is 25.7. The van der Waals surface area contributed by atoms with Gasteiger partial charge in [-0.05, 0) is 68.6 Å². The summed E-state index contributed by atoms with van der Waals surface area (Å²) in [6.07, 6.45) is 7.86. The van der Waals surface area contributed by atoms with Crippen LogP contribution in [0.4, 0.5) is 10.1 Å². The van der Waals surface area contributed by atoms with E-state index in [1.165, 1.54) is 6.08 Å².